The number of ether oxygens (including phenoxy) is 15. The molecule has 0 saturated carbocycles. The Labute approximate surface area is 594 Å². The highest BCUT2D eigenvalue weighted by molar-refractivity contribution is 5.81. The lowest BCUT2D eigenvalue weighted by Crippen LogP contribution is -2.64. The average Bonchev–Trinajstić information content (AvgIpc) is 0.828. The van der Waals surface area contributed by atoms with Gasteiger partial charge in [-0.2, -0.15) is 0 Å². The van der Waals surface area contributed by atoms with E-state index in [0.717, 1.165) is 0 Å². The first-order valence-corrected chi connectivity index (χ1v) is 34.5. The van der Waals surface area contributed by atoms with Crippen molar-refractivity contribution in [3.63, 3.8) is 0 Å². The molecular weight excluding hydrogens is 1360 g/mol. The number of rotatable bonds is 58. The van der Waals surface area contributed by atoms with Gasteiger partial charge in [0.15, 0.2) is 18.9 Å². The van der Waals surface area contributed by atoms with Crippen LogP contribution in [-0.4, -0.2) is 376 Å². The summed E-state index contributed by atoms with van der Waals surface area (Å²) in [4.78, 5) is 88.7. The predicted octanol–water partition coefficient (Wildman–Crippen LogP) is -8.44. The molecule has 0 spiro atoms. The molecule has 0 aromatic rings. The molecule has 15 unspecified atom stereocenters. The van der Waals surface area contributed by atoms with E-state index in [1.807, 2.05) is 13.8 Å². The zero-order chi connectivity index (χ0) is 75.1. The number of aliphatic hydroxyl groups excluding tert-OH is 9. The smallest absolute Gasteiger partial charge is 0.234 e. The maximum Gasteiger partial charge on any atom is 0.234 e. The Morgan fingerprint density at radius 1 is 0.363 bits per heavy atom. The van der Waals surface area contributed by atoms with Gasteiger partial charge in [-0.05, 0) is 19.3 Å². The quantitative estimate of drug-likeness (QED) is 0.0252. The van der Waals surface area contributed by atoms with Crippen LogP contribution in [-0.2, 0) is 105 Å². The van der Waals surface area contributed by atoms with Crippen molar-refractivity contribution in [1.29, 1.82) is 0 Å². The van der Waals surface area contributed by atoms with Crippen LogP contribution >= 0.6 is 0 Å². The minimum absolute atomic E-state index is 0.00311. The fourth-order valence-corrected chi connectivity index (χ4v) is 10.4. The van der Waals surface area contributed by atoms with E-state index in [-0.39, 0.29) is 227 Å². The molecule has 3 aliphatic heterocycles. The van der Waals surface area contributed by atoms with Crippen molar-refractivity contribution in [2.24, 2.45) is 0 Å². The molecule has 3 rings (SSSR count). The Morgan fingerprint density at radius 3 is 0.843 bits per heavy atom. The van der Waals surface area contributed by atoms with Crippen LogP contribution in [0.25, 0.3) is 0 Å². The number of amides is 7. The van der Waals surface area contributed by atoms with Gasteiger partial charge in [-0.1, -0.05) is 13.8 Å². The molecule has 3 heterocycles. The van der Waals surface area contributed by atoms with Gasteiger partial charge < -0.3 is 160 Å². The highest BCUT2D eigenvalue weighted by Gasteiger charge is 2.48. The molecule has 39 heteroatoms. The number of nitrogens with one attached hydrogen (secondary N) is 8. The van der Waals surface area contributed by atoms with Crippen molar-refractivity contribution in [2.75, 3.05) is 185 Å². The van der Waals surface area contributed by atoms with Crippen LogP contribution in [0.5, 0.6) is 0 Å². The summed E-state index contributed by atoms with van der Waals surface area (Å²) in [6.07, 6.45) is -15.6. The Bertz CT molecular complexity index is 2090. The Morgan fingerprint density at radius 2 is 0.608 bits per heavy atom. The summed E-state index contributed by atoms with van der Waals surface area (Å²) in [5, 5.41) is 112. The predicted molar refractivity (Wildman–Crippen MR) is 352 cm³/mol. The van der Waals surface area contributed by atoms with Crippen molar-refractivity contribution in [3.05, 3.63) is 0 Å². The number of carbonyl (C=O) groups excluding carboxylic acids is 7. The molecule has 39 nitrogen and oxygen atoms in total. The van der Waals surface area contributed by atoms with Gasteiger partial charge >= 0.3 is 0 Å². The van der Waals surface area contributed by atoms with Gasteiger partial charge in [0, 0.05) is 71.2 Å². The fraction of sp³-hybridized carbons (Fsp3) is 0.889. The van der Waals surface area contributed by atoms with E-state index in [0.29, 0.717) is 0 Å². The molecule has 0 radical (unpaired) electrons. The van der Waals surface area contributed by atoms with E-state index in [1.165, 1.54) is 20.8 Å². The molecule has 0 aromatic heterocycles. The first-order valence-electron chi connectivity index (χ1n) is 34.5. The average molecular weight is 1480 g/mol. The van der Waals surface area contributed by atoms with E-state index in [2.05, 4.69) is 42.5 Å². The van der Waals surface area contributed by atoms with E-state index < -0.39 is 141 Å². The lowest BCUT2D eigenvalue weighted by Gasteiger charge is -2.42. The zero-order valence-corrected chi connectivity index (χ0v) is 59.3. The lowest BCUT2D eigenvalue weighted by molar-refractivity contribution is -0.272. The molecule has 3 saturated heterocycles. The summed E-state index contributed by atoms with van der Waals surface area (Å²) in [6.45, 7) is 9.10. The third-order valence-corrected chi connectivity index (χ3v) is 15.8. The van der Waals surface area contributed by atoms with Crippen molar-refractivity contribution < 1.29 is 151 Å². The minimum atomic E-state index is -1.44. The topological polar surface area (TPSA) is 536 Å². The molecule has 17 N–H and O–H groups in total. The van der Waals surface area contributed by atoms with Crippen LogP contribution < -0.4 is 42.5 Å². The molecule has 594 valence electrons. The van der Waals surface area contributed by atoms with Crippen LogP contribution in [0.4, 0.5) is 0 Å². The molecule has 102 heavy (non-hydrogen) atoms. The molecular formula is C63H116N8O31. The second-order valence-corrected chi connectivity index (χ2v) is 24.3. The zero-order valence-electron chi connectivity index (χ0n) is 59.3. The van der Waals surface area contributed by atoms with Crippen LogP contribution in [0.1, 0.15) is 73.1 Å². The van der Waals surface area contributed by atoms with Gasteiger partial charge in [0.1, 0.15) is 73.1 Å². The van der Waals surface area contributed by atoms with Gasteiger partial charge in [0.2, 0.25) is 41.4 Å². The third kappa shape index (κ3) is 38.0. The molecule has 0 aliphatic carbocycles. The monoisotopic (exact) mass is 1480 g/mol. The normalized spacial score (nSPS) is 25.7. The molecule has 0 aromatic carbocycles. The van der Waals surface area contributed by atoms with Gasteiger partial charge in [-0.15, -0.1) is 0 Å². The summed E-state index contributed by atoms with van der Waals surface area (Å²) in [7, 11) is 0. The Kier molecular flexibility index (Phi) is 48.4. The number of carbonyl (C=O) groups is 7. The second kappa shape index (κ2) is 54.0. The number of hydrogen-bond acceptors (Lipinski definition) is 32. The van der Waals surface area contributed by atoms with Crippen molar-refractivity contribution in [3.8, 4) is 0 Å². The maximum atomic E-state index is 13.6. The van der Waals surface area contributed by atoms with E-state index >= 15 is 0 Å². The lowest BCUT2D eigenvalue weighted by atomic mass is 9.83. The van der Waals surface area contributed by atoms with Gasteiger partial charge in [0.05, 0.1) is 165 Å². The van der Waals surface area contributed by atoms with E-state index in [4.69, 9.17) is 71.1 Å². The van der Waals surface area contributed by atoms with Crippen molar-refractivity contribution in [2.45, 2.75) is 177 Å². The standard InChI is InChI=1S/C63H116N8O31/c1-40(2)67-36-50(81)71-63(9-6-47(78)64-12-15-88-18-21-91-24-27-94-30-33-97-60-51(68-41(3)75)57(85)54(82)44(37-72)100-60,10-7-48(79)65-13-16-89-19-22-92-25-28-95-31-34-98-61-52(69-42(4)76)58(86)55(83)45(38-73)101-61)11-8-49(80)66-14-17-90-20-23-93-26-29-96-32-35-99-62-53(70-43(5)77)59(87)56(84)46(39-74)102-62/h40,44-46,51-62,67,72-74,82-87H,6-39H2,1-5H3,(H,64,78)(H,65,79)(H,66,80)(H,68,75)(H,69,76)(H,70,77)(H,71,81). The van der Waals surface area contributed by atoms with Gasteiger partial charge in [0.25, 0.3) is 0 Å². The fourth-order valence-electron chi connectivity index (χ4n) is 10.4. The Balaban J connectivity index is 1.43. The van der Waals surface area contributed by atoms with Crippen molar-refractivity contribution >= 4 is 41.4 Å². The maximum absolute atomic E-state index is 13.6. The van der Waals surface area contributed by atoms with Gasteiger partial charge in [-0.3, -0.25) is 33.6 Å². The van der Waals surface area contributed by atoms with Crippen molar-refractivity contribution in [1.82, 2.24) is 42.5 Å². The first kappa shape index (κ1) is 91.5. The molecule has 0 bridgehead atoms. The Hall–Kier alpha value is -4.71. The summed E-state index contributed by atoms with van der Waals surface area (Å²) in [5.41, 5.74) is -1.21. The van der Waals surface area contributed by atoms with Crippen LogP contribution in [0.2, 0.25) is 0 Å². The minimum Gasteiger partial charge on any atom is -0.394 e. The summed E-state index contributed by atoms with van der Waals surface area (Å²) in [5.74, 6) is -2.97. The largest absolute Gasteiger partial charge is 0.394 e. The highest BCUT2D eigenvalue weighted by atomic mass is 16.7. The highest BCUT2D eigenvalue weighted by Crippen LogP contribution is 2.28. The van der Waals surface area contributed by atoms with E-state index in [9.17, 15) is 79.5 Å². The van der Waals surface area contributed by atoms with Crippen LogP contribution in [0, 0.1) is 0 Å². The van der Waals surface area contributed by atoms with Gasteiger partial charge in [-0.25, -0.2) is 0 Å². The number of aliphatic hydroxyl groups is 9. The molecule has 15 atom stereocenters. The molecule has 7 amide bonds. The SMILES string of the molecule is CC(=O)NC1C(OCCOCCOCCOCCNC(=O)CCC(CCC(=O)NCCOCCOCCOCCOC2OC(CO)C(O)C(O)C2NC(C)=O)(CCC(=O)NCCOCCOCCOCCOC2OC(CO)C(O)C(O)C2NC(C)=O)NC(=O)CNC(C)C)OC(CO)C(O)C1O. The van der Waals surface area contributed by atoms with Crippen LogP contribution in [0.3, 0.4) is 0 Å². The molecule has 3 aliphatic rings. The molecule has 3 fully saturated rings. The summed E-state index contributed by atoms with van der Waals surface area (Å²) < 4.78 is 83.6. The second-order valence-electron chi connectivity index (χ2n) is 24.3. The summed E-state index contributed by atoms with van der Waals surface area (Å²) >= 11 is 0. The first-order chi connectivity index (χ1) is 49.0. The third-order valence-electron chi connectivity index (χ3n) is 15.8. The van der Waals surface area contributed by atoms with Crippen LogP contribution in [0.15, 0.2) is 0 Å². The summed E-state index contributed by atoms with van der Waals surface area (Å²) in [6, 6.07) is -3.29. The van der Waals surface area contributed by atoms with E-state index in [1.54, 1.807) is 0 Å². The number of hydrogen-bond donors (Lipinski definition) is 17.